The van der Waals surface area contributed by atoms with Crippen molar-refractivity contribution in [2.24, 2.45) is 0 Å². The molecule has 2 nitrogen and oxygen atoms in total. The SMILES string of the molecule is CC1(C)CCN1CC(O)C(F)(F)F. The molecule has 0 radical (unpaired) electrons. The summed E-state index contributed by atoms with van der Waals surface area (Å²) in [5.74, 6) is 0. The molecular formula is C8H14F3NO. The summed E-state index contributed by atoms with van der Waals surface area (Å²) in [5, 5.41) is 8.79. The van der Waals surface area contributed by atoms with Crippen LogP contribution in [0, 0.1) is 0 Å². The van der Waals surface area contributed by atoms with Gasteiger partial charge in [-0.3, -0.25) is 4.90 Å². The van der Waals surface area contributed by atoms with Crippen molar-refractivity contribution in [2.75, 3.05) is 13.1 Å². The van der Waals surface area contributed by atoms with Crippen LogP contribution in [-0.4, -0.2) is 40.9 Å². The Bertz CT molecular complexity index is 180. The molecule has 0 saturated carbocycles. The lowest BCUT2D eigenvalue weighted by Crippen LogP contribution is -2.59. The van der Waals surface area contributed by atoms with E-state index in [1.807, 2.05) is 13.8 Å². The number of likely N-dealkylation sites (tertiary alicyclic amines) is 1. The van der Waals surface area contributed by atoms with E-state index in [-0.39, 0.29) is 12.1 Å². The summed E-state index contributed by atoms with van der Waals surface area (Å²) in [5.41, 5.74) is -0.188. The number of nitrogens with zero attached hydrogens (tertiary/aromatic N) is 1. The van der Waals surface area contributed by atoms with Crippen LogP contribution in [0.4, 0.5) is 13.2 Å². The molecule has 78 valence electrons. The van der Waals surface area contributed by atoms with E-state index in [9.17, 15) is 13.2 Å². The maximum Gasteiger partial charge on any atom is 0.415 e. The van der Waals surface area contributed by atoms with Gasteiger partial charge in [0.1, 0.15) is 0 Å². The number of aliphatic hydroxyl groups is 1. The molecule has 0 aliphatic carbocycles. The Morgan fingerprint density at radius 2 is 2.00 bits per heavy atom. The van der Waals surface area contributed by atoms with Crippen LogP contribution in [0.15, 0.2) is 0 Å². The number of halogens is 3. The first-order valence-electron chi connectivity index (χ1n) is 4.23. The standard InChI is InChI=1S/C8H14F3NO/c1-7(2)3-4-12(7)5-6(13)8(9,10)11/h6,13H,3-5H2,1-2H3. The van der Waals surface area contributed by atoms with E-state index in [0.29, 0.717) is 6.54 Å². The van der Waals surface area contributed by atoms with Crippen LogP contribution in [-0.2, 0) is 0 Å². The molecule has 1 saturated heterocycles. The Morgan fingerprint density at radius 1 is 1.46 bits per heavy atom. The molecule has 0 amide bonds. The molecule has 1 rings (SSSR count). The second kappa shape index (κ2) is 3.13. The smallest absolute Gasteiger partial charge is 0.382 e. The third kappa shape index (κ3) is 2.34. The lowest BCUT2D eigenvalue weighted by atomic mass is 9.88. The van der Waals surface area contributed by atoms with E-state index in [1.54, 1.807) is 4.90 Å². The molecule has 1 aliphatic rings. The summed E-state index contributed by atoms with van der Waals surface area (Å²) in [4.78, 5) is 1.64. The van der Waals surface area contributed by atoms with E-state index >= 15 is 0 Å². The molecule has 0 bridgehead atoms. The zero-order valence-electron chi connectivity index (χ0n) is 7.73. The van der Waals surface area contributed by atoms with Crippen molar-refractivity contribution in [1.82, 2.24) is 4.90 Å². The van der Waals surface area contributed by atoms with Gasteiger partial charge in [-0.2, -0.15) is 13.2 Å². The largest absolute Gasteiger partial charge is 0.415 e. The second-order valence-electron chi connectivity index (χ2n) is 4.07. The summed E-state index contributed by atoms with van der Waals surface area (Å²) >= 11 is 0. The van der Waals surface area contributed by atoms with Crippen LogP contribution in [0.1, 0.15) is 20.3 Å². The zero-order valence-corrected chi connectivity index (χ0v) is 7.73. The van der Waals surface area contributed by atoms with Gasteiger partial charge in [0.15, 0.2) is 6.10 Å². The first-order chi connectivity index (χ1) is 5.73. The summed E-state index contributed by atoms with van der Waals surface area (Å²) in [6, 6.07) is 0. The molecular weight excluding hydrogens is 183 g/mol. The summed E-state index contributed by atoms with van der Waals surface area (Å²) in [7, 11) is 0. The van der Waals surface area contributed by atoms with Gasteiger partial charge < -0.3 is 5.11 Å². The second-order valence-corrected chi connectivity index (χ2v) is 4.07. The minimum Gasteiger partial charge on any atom is -0.382 e. The lowest BCUT2D eigenvalue weighted by molar-refractivity contribution is -0.215. The molecule has 0 aromatic carbocycles. The molecule has 0 aromatic rings. The fourth-order valence-electron chi connectivity index (χ4n) is 1.37. The van der Waals surface area contributed by atoms with Gasteiger partial charge in [-0.25, -0.2) is 0 Å². The van der Waals surface area contributed by atoms with Crippen molar-refractivity contribution in [3.63, 3.8) is 0 Å². The Balaban J connectivity index is 2.42. The molecule has 1 aliphatic heterocycles. The molecule has 1 fully saturated rings. The highest BCUT2D eigenvalue weighted by Crippen LogP contribution is 2.31. The Morgan fingerprint density at radius 3 is 2.23 bits per heavy atom. The average Bonchev–Trinajstić information content (AvgIpc) is 1.96. The van der Waals surface area contributed by atoms with Crippen LogP contribution in [0.2, 0.25) is 0 Å². The fraction of sp³-hybridized carbons (Fsp3) is 1.00. The normalized spacial score (nSPS) is 25.4. The van der Waals surface area contributed by atoms with E-state index in [2.05, 4.69) is 0 Å². The monoisotopic (exact) mass is 197 g/mol. The van der Waals surface area contributed by atoms with Crippen LogP contribution >= 0.6 is 0 Å². The van der Waals surface area contributed by atoms with Crippen molar-refractivity contribution < 1.29 is 18.3 Å². The van der Waals surface area contributed by atoms with Gasteiger partial charge in [0.25, 0.3) is 0 Å². The molecule has 13 heavy (non-hydrogen) atoms. The molecule has 1 heterocycles. The molecule has 0 aromatic heterocycles. The van der Waals surface area contributed by atoms with Gasteiger partial charge in [0.2, 0.25) is 0 Å². The Kier molecular flexibility index (Phi) is 2.60. The van der Waals surface area contributed by atoms with E-state index in [1.165, 1.54) is 0 Å². The van der Waals surface area contributed by atoms with Crippen molar-refractivity contribution in [3.8, 4) is 0 Å². The number of hydrogen-bond acceptors (Lipinski definition) is 2. The van der Waals surface area contributed by atoms with Crippen molar-refractivity contribution in [1.29, 1.82) is 0 Å². The number of β-amino-alcohol motifs (C(OH)–C–C–N with tert-alkyl or cyclic N) is 1. The number of rotatable bonds is 2. The average molecular weight is 197 g/mol. The Hall–Kier alpha value is -0.290. The van der Waals surface area contributed by atoms with Gasteiger partial charge >= 0.3 is 6.18 Å². The van der Waals surface area contributed by atoms with Crippen molar-refractivity contribution in [3.05, 3.63) is 0 Å². The summed E-state index contributed by atoms with van der Waals surface area (Å²) < 4.78 is 35.8. The van der Waals surface area contributed by atoms with Gasteiger partial charge in [0, 0.05) is 18.6 Å². The minimum absolute atomic E-state index is 0.188. The molecule has 1 atom stereocenters. The summed E-state index contributed by atoms with van der Waals surface area (Å²) in [6.45, 7) is 4.08. The third-order valence-corrected chi connectivity index (χ3v) is 2.62. The zero-order chi connectivity index (χ0) is 10.3. The quantitative estimate of drug-likeness (QED) is 0.723. The molecule has 1 N–H and O–H groups in total. The van der Waals surface area contributed by atoms with Crippen LogP contribution < -0.4 is 0 Å². The predicted octanol–water partition coefficient (Wildman–Crippen LogP) is 1.39. The first-order valence-corrected chi connectivity index (χ1v) is 4.23. The van der Waals surface area contributed by atoms with Crippen molar-refractivity contribution >= 4 is 0 Å². The molecule has 1 unspecified atom stereocenters. The number of hydrogen-bond donors (Lipinski definition) is 1. The minimum atomic E-state index is -4.49. The molecule has 5 heteroatoms. The molecule has 0 spiro atoms. The number of alkyl halides is 3. The van der Waals surface area contributed by atoms with E-state index in [4.69, 9.17) is 5.11 Å². The van der Waals surface area contributed by atoms with Crippen LogP contribution in [0.25, 0.3) is 0 Å². The maximum atomic E-state index is 11.9. The first kappa shape index (κ1) is 10.8. The Labute approximate surface area is 75.3 Å². The van der Waals surface area contributed by atoms with Crippen LogP contribution in [0.3, 0.4) is 0 Å². The van der Waals surface area contributed by atoms with Gasteiger partial charge in [-0.1, -0.05) is 0 Å². The van der Waals surface area contributed by atoms with Crippen molar-refractivity contribution in [2.45, 2.75) is 38.1 Å². The topological polar surface area (TPSA) is 23.5 Å². The maximum absolute atomic E-state index is 11.9. The fourth-order valence-corrected chi connectivity index (χ4v) is 1.37. The lowest BCUT2D eigenvalue weighted by Gasteiger charge is -2.49. The van der Waals surface area contributed by atoms with Gasteiger partial charge in [-0.15, -0.1) is 0 Å². The predicted molar refractivity (Wildman–Crippen MR) is 42.3 cm³/mol. The summed E-state index contributed by atoms with van der Waals surface area (Å²) in [6.07, 6.45) is -5.82. The number of aliphatic hydroxyl groups excluding tert-OH is 1. The highest BCUT2D eigenvalue weighted by Gasteiger charge is 2.44. The van der Waals surface area contributed by atoms with E-state index < -0.39 is 12.3 Å². The van der Waals surface area contributed by atoms with E-state index in [0.717, 1.165) is 6.42 Å². The van der Waals surface area contributed by atoms with Gasteiger partial charge in [-0.05, 0) is 20.3 Å². The van der Waals surface area contributed by atoms with Crippen LogP contribution in [0.5, 0.6) is 0 Å². The van der Waals surface area contributed by atoms with Gasteiger partial charge in [0.05, 0.1) is 0 Å². The highest BCUT2D eigenvalue weighted by molar-refractivity contribution is 4.93. The highest BCUT2D eigenvalue weighted by atomic mass is 19.4. The third-order valence-electron chi connectivity index (χ3n) is 2.62.